The predicted molar refractivity (Wildman–Crippen MR) is 68.7 cm³/mol. The number of imidazole rings is 1. The molecule has 0 spiro atoms. The van der Waals surface area contributed by atoms with Gasteiger partial charge in [-0.15, -0.1) is 0 Å². The summed E-state index contributed by atoms with van der Waals surface area (Å²) >= 11 is 0. The first kappa shape index (κ1) is 12.2. The molecule has 0 bridgehead atoms. The first-order valence-corrected chi connectivity index (χ1v) is 5.62. The molecular formula is C13H15N3O2. The topological polar surface area (TPSA) is 67.2 Å². The zero-order chi connectivity index (χ0) is 13.1. The van der Waals surface area contributed by atoms with E-state index in [1.807, 2.05) is 23.9 Å². The second kappa shape index (κ2) is 4.91. The first-order valence-electron chi connectivity index (χ1n) is 5.62. The zero-order valence-corrected chi connectivity index (χ0v) is 10.3. The molecule has 0 fully saturated rings. The number of aryl methyl sites for hydroxylation is 2. The number of nitrogens with zero attached hydrogens (tertiary/aromatic N) is 2. The van der Waals surface area contributed by atoms with Crippen LogP contribution >= 0.6 is 0 Å². The molecule has 0 aliphatic heterocycles. The van der Waals surface area contributed by atoms with Gasteiger partial charge in [-0.05, 0) is 30.7 Å². The van der Waals surface area contributed by atoms with Crippen LogP contribution in [-0.4, -0.2) is 20.6 Å². The van der Waals surface area contributed by atoms with Crippen LogP contribution in [0.4, 0.5) is 5.69 Å². The van der Waals surface area contributed by atoms with Crippen molar-refractivity contribution in [3.63, 3.8) is 0 Å². The van der Waals surface area contributed by atoms with E-state index in [9.17, 15) is 4.79 Å². The number of aromatic carboxylic acids is 1. The number of nitrogens with one attached hydrogen (secondary N) is 1. The van der Waals surface area contributed by atoms with E-state index in [2.05, 4.69) is 10.3 Å². The Labute approximate surface area is 105 Å². The van der Waals surface area contributed by atoms with E-state index in [1.54, 1.807) is 25.3 Å². The summed E-state index contributed by atoms with van der Waals surface area (Å²) in [7, 11) is 1.93. The summed E-state index contributed by atoms with van der Waals surface area (Å²) in [6, 6.07) is 5.20. The predicted octanol–water partition coefficient (Wildman–Crippen LogP) is 2.04. The van der Waals surface area contributed by atoms with Gasteiger partial charge in [0, 0.05) is 25.1 Å². The largest absolute Gasteiger partial charge is 0.478 e. The van der Waals surface area contributed by atoms with E-state index >= 15 is 0 Å². The SMILES string of the molecule is Cc1cc(NCc2nccn2C)ccc1C(=O)O. The van der Waals surface area contributed by atoms with Gasteiger partial charge in [0.15, 0.2) is 0 Å². The summed E-state index contributed by atoms with van der Waals surface area (Å²) in [6.07, 6.45) is 3.63. The molecule has 0 radical (unpaired) electrons. The Hall–Kier alpha value is -2.30. The van der Waals surface area contributed by atoms with E-state index in [0.29, 0.717) is 12.1 Å². The summed E-state index contributed by atoms with van der Waals surface area (Å²) in [5.41, 5.74) is 1.96. The molecule has 18 heavy (non-hydrogen) atoms. The Morgan fingerprint density at radius 2 is 2.28 bits per heavy atom. The van der Waals surface area contributed by atoms with Gasteiger partial charge in [-0.25, -0.2) is 9.78 Å². The molecule has 2 N–H and O–H groups in total. The van der Waals surface area contributed by atoms with Gasteiger partial charge in [-0.1, -0.05) is 0 Å². The highest BCUT2D eigenvalue weighted by Gasteiger charge is 2.07. The molecule has 5 heteroatoms. The van der Waals surface area contributed by atoms with Gasteiger partial charge in [0.05, 0.1) is 12.1 Å². The van der Waals surface area contributed by atoms with Crippen molar-refractivity contribution in [2.24, 2.45) is 7.05 Å². The van der Waals surface area contributed by atoms with Crippen molar-refractivity contribution in [1.29, 1.82) is 0 Å². The Balaban J connectivity index is 2.09. The number of carboxylic acids is 1. The van der Waals surface area contributed by atoms with E-state index in [1.165, 1.54) is 0 Å². The van der Waals surface area contributed by atoms with Crippen LogP contribution in [0.2, 0.25) is 0 Å². The van der Waals surface area contributed by atoms with Crippen molar-refractivity contribution in [3.8, 4) is 0 Å². The summed E-state index contributed by atoms with van der Waals surface area (Å²) in [6.45, 7) is 2.39. The maximum absolute atomic E-state index is 10.9. The van der Waals surface area contributed by atoms with E-state index in [-0.39, 0.29) is 0 Å². The highest BCUT2D eigenvalue weighted by atomic mass is 16.4. The zero-order valence-electron chi connectivity index (χ0n) is 10.3. The standard InChI is InChI=1S/C13H15N3O2/c1-9-7-10(3-4-11(9)13(17)18)15-8-12-14-5-6-16(12)2/h3-7,15H,8H2,1-2H3,(H,17,18). The highest BCUT2D eigenvalue weighted by molar-refractivity contribution is 5.89. The molecule has 1 heterocycles. The minimum atomic E-state index is -0.900. The quantitative estimate of drug-likeness (QED) is 0.865. The molecular weight excluding hydrogens is 230 g/mol. The second-order valence-corrected chi connectivity index (χ2v) is 4.14. The van der Waals surface area contributed by atoms with Gasteiger partial charge < -0.3 is 15.0 Å². The fourth-order valence-electron chi connectivity index (χ4n) is 1.76. The van der Waals surface area contributed by atoms with Crippen molar-refractivity contribution in [1.82, 2.24) is 9.55 Å². The van der Waals surface area contributed by atoms with Gasteiger partial charge >= 0.3 is 5.97 Å². The lowest BCUT2D eigenvalue weighted by Crippen LogP contribution is -2.06. The number of benzene rings is 1. The number of carbonyl (C=O) groups is 1. The number of hydrogen-bond acceptors (Lipinski definition) is 3. The van der Waals surface area contributed by atoms with Crippen LogP contribution in [-0.2, 0) is 13.6 Å². The third-order valence-electron chi connectivity index (χ3n) is 2.83. The van der Waals surface area contributed by atoms with Gasteiger partial charge in [-0.3, -0.25) is 0 Å². The van der Waals surface area contributed by atoms with Crippen LogP contribution < -0.4 is 5.32 Å². The molecule has 0 saturated carbocycles. The van der Waals surface area contributed by atoms with Gasteiger partial charge in [0.25, 0.3) is 0 Å². The maximum atomic E-state index is 10.9. The molecule has 5 nitrogen and oxygen atoms in total. The molecule has 1 aromatic heterocycles. The molecule has 2 rings (SSSR count). The van der Waals surface area contributed by atoms with Crippen LogP contribution in [0.1, 0.15) is 21.7 Å². The van der Waals surface area contributed by atoms with Crippen molar-refractivity contribution >= 4 is 11.7 Å². The number of hydrogen-bond donors (Lipinski definition) is 2. The second-order valence-electron chi connectivity index (χ2n) is 4.14. The molecule has 0 unspecified atom stereocenters. The minimum Gasteiger partial charge on any atom is -0.478 e. The first-order chi connectivity index (χ1) is 8.58. The number of rotatable bonds is 4. The Morgan fingerprint density at radius 1 is 1.50 bits per heavy atom. The van der Waals surface area contributed by atoms with Crippen LogP contribution in [0.15, 0.2) is 30.6 Å². The molecule has 0 atom stereocenters. The number of carboxylic acid groups (broad SMARTS) is 1. The maximum Gasteiger partial charge on any atom is 0.335 e. The number of anilines is 1. The van der Waals surface area contributed by atoms with Crippen LogP contribution in [0.25, 0.3) is 0 Å². The third-order valence-corrected chi connectivity index (χ3v) is 2.83. The van der Waals surface area contributed by atoms with Crippen LogP contribution in [0.5, 0.6) is 0 Å². The van der Waals surface area contributed by atoms with Crippen LogP contribution in [0, 0.1) is 6.92 Å². The lowest BCUT2D eigenvalue weighted by Gasteiger charge is -2.08. The molecule has 0 amide bonds. The minimum absolute atomic E-state index is 0.331. The van der Waals surface area contributed by atoms with Gasteiger partial charge in [0.2, 0.25) is 0 Å². The summed E-state index contributed by atoms with van der Waals surface area (Å²) in [4.78, 5) is 15.1. The Bertz CT molecular complexity index is 575. The fraction of sp³-hybridized carbons (Fsp3) is 0.231. The average Bonchev–Trinajstić information content (AvgIpc) is 2.72. The van der Waals surface area contributed by atoms with Crippen molar-refractivity contribution in [2.75, 3.05) is 5.32 Å². The fourth-order valence-corrected chi connectivity index (χ4v) is 1.76. The monoisotopic (exact) mass is 245 g/mol. The van der Waals surface area contributed by atoms with Crippen molar-refractivity contribution in [3.05, 3.63) is 47.5 Å². The Kier molecular flexibility index (Phi) is 3.32. The van der Waals surface area contributed by atoms with E-state index in [4.69, 9.17) is 5.11 Å². The molecule has 0 saturated heterocycles. The molecule has 0 aliphatic carbocycles. The highest BCUT2D eigenvalue weighted by Crippen LogP contribution is 2.15. The number of aromatic nitrogens is 2. The van der Waals surface area contributed by atoms with Crippen molar-refractivity contribution < 1.29 is 9.90 Å². The van der Waals surface area contributed by atoms with E-state index in [0.717, 1.165) is 17.1 Å². The molecule has 1 aromatic carbocycles. The summed E-state index contributed by atoms with van der Waals surface area (Å²) in [5.74, 6) is 0.0260. The normalized spacial score (nSPS) is 10.3. The van der Waals surface area contributed by atoms with Gasteiger partial charge in [0.1, 0.15) is 5.82 Å². The molecule has 94 valence electrons. The molecule has 0 aliphatic rings. The smallest absolute Gasteiger partial charge is 0.335 e. The Morgan fingerprint density at radius 3 is 2.83 bits per heavy atom. The van der Waals surface area contributed by atoms with E-state index < -0.39 is 5.97 Å². The van der Waals surface area contributed by atoms with Crippen LogP contribution in [0.3, 0.4) is 0 Å². The van der Waals surface area contributed by atoms with Crippen molar-refractivity contribution in [2.45, 2.75) is 13.5 Å². The lowest BCUT2D eigenvalue weighted by atomic mass is 10.1. The summed E-state index contributed by atoms with van der Waals surface area (Å²) in [5, 5.41) is 12.2. The lowest BCUT2D eigenvalue weighted by molar-refractivity contribution is 0.0696. The molecule has 2 aromatic rings. The van der Waals surface area contributed by atoms with Gasteiger partial charge in [-0.2, -0.15) is 0 Å². The third kappa shape index (κ3) is 2.51. The average molecular weight is 245 g/mol. The summed E-state index contributed by atoms with van der Waals surface area (Å²) < 4.78 is 1.94.